The summed E-state index contributed by atoms with van der Waals surface area (Å²) in [6.45, 7) is 0.0801. The number of hydrogen-bond acceptors (Lipinski definition) is 5. The van der Waals surface area contributed by atoms with Gasteiger partial charge in [0.25, 0.3) is 11.8 Å². The summed E-state index contributed by atoms with van der Waals surface area (Å²) in [5.41, 5.74) is -0.246. The van der Waals surface area contributed by atoms with Crippen LogP contribution in [0.15, 0.2) is 36.4 Å². The highest BCUT2D eigenvalue weighted by atomic mass is 32.1. The predicted octanol–water partition coefficient (Wildman–Crippen LogP) is 4.50. The van der Waals surface area contributed by atoms with E-state index in [2.05, 4.69) is 10.6 Å². The number of fused-ring (bicyclic) bond motifs is 1. The van der Waals surface area contributed by atoms with Crippen molar-refractivity contribution < 1.29 is 37.4 Å². The van der Waals surface area contributed by atoms with Gasteiger partial charge in [-0.05, 0) is 67.5 Å². The average Bonchev–Trinajstić information content (AvgIpc) is 3.27. The number of carboxylic acid groups (broad SMARTS) is 1. The van der Waals surface area contributed by atoms with E-state index in [-0.39, 0.29) is 24.6 Å². The van der Waals surface area contributed by atoms with E-state index in [4.69, 9.17) is 9.84 Å². The molecule has 0 spiro atoms. The van der Waals surface area contributed by atoms with Crippen molar-refractivity contribution in [2.75, 3.05) is 13.1 Å². The molecule has 1 heterocycles. The summed E-state index contributed by atoms with van der Waals surface area (Å²) in [4.78, 5) is 36.1. The number of halogens is 3. The zero-order chi connectivity index (χ0) is 25.8. The maximum atomic E-state index is 14.5. The number of aliphatic carboxylic acids is 1. The van der Waals surface area contributed by atoms with Gasteiger partial charge in [0.15, 0.2) is 17.4 Å². The van der Waals surface area contributed by atoms with E-state index in [1.807, 2.05) is 0 Å². The van der Waals surface area contributed by atoms with E-state index in [0.717, 1.165) is 16.8 Å². The molecule has 0 atom stereocenters. The lowest BCUT2D eigenvalue weighted by molar-refractivity contribution is -0.143. The van der Waals surface area contributed by atoms with Crippen LogP contribution in [0.25, 0.3) is 10.1 Å². The Morgan fingerprint density at radius 2 is 1.56 bits per heavy atom. The number of thiophene rings is 1. The highest BCUT2D eigenvalue weighted by Gasteiger charge is 2.28. The molecule has 3 aromatic rings. The second-order valence-corrected chi connectivity index (χ2v) is 9.59. The van der Waals surface area contributed by atoms with Crippen LogP contribution in [0, 0.1) is 23.4 Å². The van der Waals surface area contributed by atoms with Gasteiger partial charge in [0, 0.05) is 23.4 Å². The molecule has 0 aliphatic heterocycles. The molecule has 0 saturated heterocycles. The van der Waals surface area contributed by atoms with Crippen LogP contribution in [0.1, 0.15) is 45.7 Å². The lowest BCUT2D eigenvalue weighted by Crippen LogP contribution is -2.34. The number of carbonyl (C=O) groups excluding carboxylic acids is 2. The third-order valence-corrected chi connectivity index (χ3v) is 7.08. The molecular weight excluding hydrogens is 497 g/mol. The molecule has 3 N–H and O–H groups in total. The Kier molecular flexibility index (Phi) is 7.78. The van der Waals surface area contributed by atoms with Crippen molar-refractivity contribution in [1.82, 2.24) is 10.6 Å². The van der Waals surface area contributed by atoms with Crippen LogP contribution in [0.5, 0.6) is 5.75 Å². The molecule has 2 amide bonds. The number of carboxylic acids is 1. The summed E-state index contributed by atoms with van der Waals surface area (Å²) in [7, 11) is 0. The molecule has 0 radical (unpaired) electrons. The SMILES string of the molecule is O=C(NCCNC(=O)c1cc2cc(F)ccc2s1)c1cc(F)c(OC2CCC(C(=O)O)CC2)c(F)c1. The smallest absolute Gasteiger partial charge is 0.306 e. The van der Waals surface area contributed by atoms with Crippen molar-refractivity contribution in [2.45, 2.75) is 31.8 Å². The Balaban J connectivity index is 1.27. The van der Waals surface area contributed by atoms with E-state index >= 15 is 0 Å². The molecule has 0 unspecified atom stereocenters. The molecule has 1 fully saturated rings. The number of carbonyl (C=O) groups is 3. The molecule has 1 aliphatic carbocycles. The Hall–Kier alpha value is -3.60. The molecular formula is C25H23F3N2O5S. The lowest BCUT2D eigenvalue weighted by atomic mass is 9.87. The fourth-order valence-electron chi connectivity index (χ4n) is 4.07. The molecule has 1 aliphatic rings. The molecule has 1 aromatic heterocycles. The van der Waals surface area contributed by atoms with Crippen molar-refractivity contribution in [3.05, 3.63) is 64.3 Å². The third kappa shape index (κ3) is 5.96. The van der Waals surface area contributed by atoms with E-state index < -0.39 is 47.1 Å². The number of amides is 2. The standard InChI is InChI=1S/C25H23F3N2O5S/c26-16-3-6-20-14(9-16)12-21(36-20)24(32)30-8-7-29-23(31)15-10-18(27)22(19(28)11-15)35-17-4-1-13(2-5-17)25(33)34/h3,6,9-13,17H,1-2,4-5,7-8H2,(H,29,31)(H,30,32)(H,33,34). The predicted molar refractivity (Wildman–Crippen MR) is 127 cm³/mol. The highest BCUT2D eigenvalue weighted by molar-refractivity contribution is 7.20. The van der Waals surface area contributed by atoms with Gasteiger partial charge in [-0.3, -0.25) is 14.4 Å². The monoisotopic (exact) mass is 520 g/mol. The first-order valence-corrected chi connectivity index (χ1v) is 12.2. The van der Waals surface area contributed by atoms with Crippen LogP contribution >= 0.6 is 11.3 Å². The molecule has 190 valence electrons. The summed E-state index contributed by atoms with van der Waals surface area (Å²) in [5.74, 6) is -5.55. The molecule has 7 nitrogen and oxygen atoms in total. The minimum atomic E-state index is -1.03. The van der Waals surface area contributed by atoms with Gasteiger partial charge in [-0.2, -0.15) is 0 Å². The first-order chi connectivity index (χ1) is 17.2. The molecule has 1 saturated carbocycles. The van der Waals surface area contributed by atoms with Crippen molar-refractivity contribution >= 4 is 39.2 Å². The lowest BCUT2D eigenvalue weighted by Gasteiger charge is -2.27. The average molecular weight is 521 g/mol. The van der Waals surface area contributed by atoms with Gasteiger partial charge >= 0.3 is 5.97 Å². The fraction of sp³-hybridized carbons (Fsp3) is 0.320. The zero-order valence-electron chi connectivity index (χ0n) is 19.0. The number of nitrogens with one attached hydrogen (secondary N) is 2. The van der Waals surface area contributed by atoms with Crippen LogP contribution in [0.2, 0.25) is 0 Å². The molecule has 11 heteroatoms. The molecule has 36 heavy (non-hydrogen) atoms. The summed E-state index contributed by atoms with van der Waals surface area (Å²) < 4.78 is 48.5. The van der Waals surface area contributed by atoms with Gasteiger partial charge < -0.3 is 20.5 Å². The van der Waals surface area contributed by atoms with Crippen LogP contribution < -0.4 is 15.4 Å². The van der Waals surface area contributed by atoms with Gasteiger partial charge in [0.05, 0.1) is 16.9 Å². The highest BCUT2D eigenvalue weighted by Crippen LogP contribution is 2.31. The Morgan fingerprint density at radius 3 is 2.19 bits per heavy atom. The first kappa shape index (κ1) is 25.5. The van der Waals surface area contributed by atoms with Gasteiger partial charge in [0.1, 0.15) is 5.82 Å². The quantitative estimate of drug-likeness (QED) is 0.380. The van der Waals surface area contributed by atoms with Gasteiger partial charge in [-0.1, -0.05) is 0 Å². The minimum Gasteiger partial charge on any atom is -0.484 e. The van der Waals surface area contributed by atoms with Gasteiger partial charge in [-0.15, -0.1) is 11.3 Å². The summed E-state index contributed by atoms with van der Waals surface area (Å²) in [5, 5.41) is 14.8. The molecule has 0 bridgehead atoms. The zero-order valence-corrected chi connectivity index (χ0v) is 19.8. The number of benzene rings is 2. The number of rotatable bonds is 8. The maximum absolute atomic E-state index is 14.5. The molecule has 2 aromatic carbocycles. The fourth-order valence-corrected chi connectivity index (χ4v) is 5.02. The number of ether oxygens (including phenoxy) is 1. The van der Waals surface area contributed by atoms with Gasteiger partial charge in [-0.25, -0.2) is 13.2 Å². The Bertz CT molecular complexity index is 1280. The summed E-state index contributed by atoms with van der Waals surface area (Å²) >= 11 is 1.21. The first-order valence-electron chi connectivity index (χ1n) is 11.3. The van der Waals surface area contributed by atoms with Gasteiger partial charge in [0.2, 0.25) is 0 Å². The maximum Gasteiger partial charge on any atom is 0.306 e. The van der Waals surface area contributed by atoms with E-state index in [1.165, 1.54) is 23.5 Å². The van der Waals surface area contributed by atoms with Crippen molar-refractivity contribution in [3.63, 3.8) is 0 Å². The van der Waals surface area contributed by atoms with Crippen LogP contribution in [-0.2, 0) is 4.79 Å². The van der Waals surface area contributed by atoms with Crippen molar-refractivity contribution in [1.29, 1.82) is 0 Å². The van der Waals surface area contributed by atoms with E-state index in [9.17, 15) is 27.6 Å². The largest absolute Gasteiger partial charge is 0.484 e. The van der Waals surface area contributed by atoms with Crippen LogP contribution in [0.3, 0.4) is 0 Å². The topological polar surface area (TPSA) is 105 Å². The Labute approximate surface area is 208 Å². The molecule has 4 rings (SSSR count). The van der Waals surface area contributed by atoms with Crippen LogP contribution in [0.4, 0.5) is 13.2 Å². The Morgan fingerprint density at radius 1 is 0.917 bits per heavy atom. The second kappa shape index (κ2) is 11.0. The summed E-state index contributed by atoms with van der Waals surface area (Å²) in [6, 6.07) is 7.54. The summed E-state index contributed by atoms with van der Waals surface area (Å²) in [6.07, 6.45) is 0.946. The van der Waals surface area contributed by atoms with Crippen molar-refractivity contribution in [3.8, 4) is 5.75 Å². The van der Waals surface area contributed by atoms with Crippen LogP contribution in [-0.4, -0.2) is 42.1 Å². The second-order valence-electron chi connectivity index (χ2n) is 8.50. The number of hydrogen-bond donors (Lipinski definition) is 3. The van der Waals surface area contributed by atoms with E-state index in [1.54, 1.807) is 12.1 Å². The minimum absolute atomic E-state index is 0.0123. The van der Waals surface area contributed by atoms with Crippen molar-refractivity contribution in [2.24, 2.45) is 5.92 Å². The van der Waals surface area contributed by atoms with E-state index in [0.29, 0.717) is 35.9 Å². The normalized spacial score (nSPS) is 17.5. The third-order valence-electron chi connectivity index (χ3n) is 5.97.